The number of nitrogens with one attached hydrogen (secondary N) is 2. The smallest absolute Gasteiger partial charge is 0.253 e. The van der Waals surface area contributed by atoms with E-state index in [0.29, 0.717) is 10.7 Å². The summed E-state index contributed by atoms with van der Waals surface area (Å²) in [6.07, 6.45) is 8.43. The SMILES string of the molecule is C=C(N=C/C=C(\C)c1cccc(-c2csc(NC(=O)CNC(=O)c3ccn(C)c3)n2)c1)N1CCC1. The van der Waals surface area contributed by atoms with Crippen molar-refractivity contribution in [2.24, 2.45) is 12.0 Å². The monoisotopic (exact) mass is 488 g/mol. The van der Waals surface area contributed by atoms with Gasteiger partial charge >= 0.3 is 0 Å². The minimum atomic E-state index is -0.332. The van der Waals surface area contributed by atoms with Crippen molar-refractivity contribution in [2.75, 3.05) is 25.0 Å². The molecule has 0 saturated carbocycles. The Hall–Kier alpha value is -3.98. The van der Waals surface area contributed by atoms with Gasteiger partial charge in [-0.15, -0.1) is 11.3 Å². The molecule has 8 nitrogen and oxygen atoms in total. The predicted octanol–water partition coefficient (Wildman–Crippen LogP) is 4.17. The average molecular weight is 489 g/mol. The number of aromatic nitrogens is 2. The number of thiazole rings is 1. The lowest BCUT2D eigenvalue weighted by atomic mass is 10.0. The molecule has 0 radical (unpaired) electrons. The maximum atomic E-state index is 12.3. The van der Waals surface area contributed by atoms with Crippen LogP contribution in [0.1, 0.15) is 29.3 Å². The van der Waals surface area contributed by atoms with E-state index >= 15 is 0 Å². The molecule has 180 valence electrons. The number of aryl methyl sites for hydroxylation is 1. The molecule has 0 aliphatic carbocycles. The Morgan fingerprint density at radius 3 is 2.80 bits per heavy atom. The molecule has 1 aliphatic heterocycles. The van der Waals surface area contributed by atoms with Crippen molar-refractivity contribution >= 4 is 40.1 Å². The molecular formula is C26H28N6O2S. The number of allylic oxidation sites excluding steroid dienone is 2. The zero-order chi connectivity index (χ0) is 24.8. The van der Waals surface area contributed by atoms with Gasteiger partial charge in [0.2, 0.25) is 5.91 Å². The summed E-state index contributed by atoms with van der Waals surface area (Å²) in [4.78, 5) is 35.5. The first-order valence-electron chi connectivity index (χ1n) is 11.3. The number of anilines is 1. The number of aliphatic imine (C=N–C) groups is 1. The second kappa shape index (κ2) is 11.0. The molecule has 0 unspecified atom stereocenters. The molecule has 2 amide bonds. The summed E-state index contributed by atoms with van der Waals surface area (Å²) in [5.41, 5.74) is 4.36. The Balaban J connectivity index is 1.34. The Morgan fingerprint density at radius 1 is 1.26 bits per heavy atom. The highest BCUT2D eigenvalue weighted by molar-refractivity contribution is 7.14. The fourth-order valence-corrected chi connectivity index (χ4v) is 4.17. The average Bonchev–Trinajstić information content (AvgIpc) is 3.45. The Kier molecular flexibility index (Phi) is 7.57. The van der Waals surface area contributed by atoms with Crippen molar-refractivity contribution in [2.45, 2.75) is 13.3 Å². The second-order valence-corrected chi connectivity index (χ2v) is 9.16. The van der Waals surface area contributed by atoms with Crippen molar-refractivity contribution in [3.05, 3.63) is 77.7 Å². The van der Waals surface area contributed by atoms with Gasteiger partial charge in [-0.25, -0.2) is 9.98 Å². The number of hydrogen-bond acceptors (Lipinski definition) is 6. The summed E-state index contributed by atoms with van der Waals surface area (Å²) < 4.78 is 1.78. The van der Waals surface area contributed by atoms with E-state index in [9.17, 15) is 9.59 Å². The Labute approximate surface area is 208 Å². The first-order chi connectivity index (χ1) is 16.9. The third kappa shape index (κ3) is 6.33. The zero-order valence-electron chi connectivity index (χ0n) is 19.8. The molecule has 1 saturated heterocycles. The second-order valence-electron chi connectivity index (χ2n) is 8.30. The topological polar surface area (TPSA) is 91.6 Å². The largest absolute Gasteiger partial charge is 0.357 e. The normalized spacial score (nSPS) is 13.5. The van der Waals surface area contributed by atoms with Gasteiger partial charge in [-0.3, -0.25) is 9.59 Å². The van der Waals surface area contributed by atoms with Crippen molar-refractivity contribution < 1.29 is 9.59 Å². The number of likely N-dealkylation sites (tertiary alicyclic amines) is 1. The molecule has 0 spiro atoms. The molecular weight excluding hydrogens is 460 g/mol. The third-order valence-electron chi connectivity index (χ3n) is 5.64. The van der Waals surface area contributed by atoms with Gasteiger partial charge in [-0.2, -0.15) is 0 Å². The molecule has 3 aromatic rings. The lowest BCUT2D eigenvalue weighted by Crippen LogP contribution is -2.35. The highest BCUT2D eigenvalue weighted by Gasteiger charge is 2.14. The van der Waals surface area contributed by atoms with Crippen LogP contribution in [0.4, 0.5) is 5.13 Å². The number of hydrogen-bond donors (Lipinski definition) is 2. The molecule has 2 N–H and O–H groups in total. The van der Waals surface area contributed by atoms with Crippen LogP contribution in [-0.4, -0.2) is 52.1 Å². The molecule has 4 rings (SSSR count). The van der Waals surface area contributed by atoms with Gasteiger partial charge in [0.25, 0.3) is 5.91 Å². The highest BCUT2D eigenvalue weighted by atomic mass is 32.1. The van der Waals surface area contributed by atoms with Crippen LogP contribution in [0.25, 0.3) is 16.8 Å². The minimum absolute atomic E-state index is 0.131. The fraction of sp³-hybridized carbons (Fsp3) is 0.231. The van der Waals surface area contributed by atoms with Crippen LogP contribution >= 0.6 is 11.3 Å². The number of rotatable bonds is 9. The van der Waals surface area contributed by atoms with Crippen molar-refractivity contribution in [1.82, 2.24) is 19.8 Å². The molecule has 0 atom stereocenters. The number of benzene rings is 1. The quantitative estimate of drug-likeness (QED) is 0.442. The molecule has 2 aromatic heterocycles. The van der Waals surface area contributed by atoms with Gasteiger partial charge in [0.1, 0.15) is 5.82 Å². The molecule has 0 bridgehead atoms. The fourth-order valence-electron chi connectivity index (χ4n) is 3.44. The van der Waals surface area contributed by atoms with E-state index in [-0.39, 0.29) is 18.4 Å². The summed E-state index contributed by atoms with van der Waals surface area (Å²) in [6.45, 7) is 7.96. The summed E-state index contributed by atoms with van der Waals surface area (Å²) in [5, 5.41) is 7.74. The number of nitrogens with zero attached hydrogens (tertiary/aromatic N) is 4. The first-order valence-corrected chi connectivity index (χ1v) is 12.2. The standard InChI is InChI=1S/C26H28N6O2S/c1-18(8-10-27-19(2)32-11-5-12-32)20-6-4-7-21(14-20)23-17-35-26(29-23)30-24(33)15-28-25(34)22-9-13-31(3)16-22/h4,6-10,13-14,16-17H,2,5,11-12,15H2,1,3H3,(H,28,34)(H,29,30,33)/b18-8+,27-10?. The number of carbonyl (C=O) groups excluding carboxylic acids is 2. The van der Waals surface area contributed by atoms with Crippen LogP contribution in [0.2, 0.25) is 0 Å². The van der Waals surface area contributed by atoms with Crippen LogP contribution < -0.4 is 10.6 Å². The van der Waals surface area contributed by atoms with Crippen molar-refractivity contribution in [3.8, 4) is 11.3 Å². The van der Waals surface area contributed by atoms with Crippen molar-refractivity contribution in [1.29, 1.82) is 0 Å². The van der Waals surface area contributed by atoms with Gasteiger partial charge in [0.15, 0.2) is 5.13 Å². The van der Waals surface area contributed by atoms with Gasteiger partial charge in [-0.05, 0) is 42.7 Å². The Morgan fingerprint density at radius 2 is 2.09 bits per heavy atom. The summed E-state index contributed by atoms with van der Waals surface area (Å²) in [5.74, 6) is 0.170. The maximum absolute atomic E-state index is 12.3. The lowest BCUT2D eigenvalue weighted by molar-refractivity contribution is -0.115. The first kappa shape index (κ1) is 24.2. The van der Waals surface area contributed by atoms with Crippen LogP contribution in [0.3, 0.4) is 0 Å². The molecule has 1 aliphatic rings. The van der Waals surface area contributed by atoms with Crippen LogP contribution in [-0.2, 0) is 11.8 Å². The van der Waals surface area contributed by atoms with E-state index in [4.69, 9.17) is 0 Å². The van der Waals surface area contributed by atoms with Gasteiger partial charge < -0.3 is 20.1 Å². The predicted molar refractivity (Wildman–Crippen MR) is 141 cm³/mol. The van der Waals surface area contributed by atoms with Crippen molar-refractivity contribution in [3.63, 3.8) is 0 Å². The lowest BCUT2D eigenvalue weighted by Gasteiger charge is -2.32. The molecule has 3 heterocycles. The van der Waals surface area contributed by atoms with Crippen LogP contribution in [0.15, 0.2) is 71.6 Å². The van der Waals surface area contributed by atoms with E-state index in [1.165, 1.54) is 17.8 Å². The van der Waals surface area contributed by atoms with Crippen LogP contribution in [0, 0.1) is 0 Å². The van der Waals surface area contributed by atoms with E-state index in [1.54, 1.807) is 29.2 Å². The number of carbonyl (C=O) groups is 2. The van der Waals surface area contributed by atoms with E-state index in [2.05, 4.69) is 38.2 Å². The maximum Gasteiger partial charge on any atom is 0.253 e. The molecule has 1 aromatic carbocycles. The molecule has 1 fully saturated rings. The summed E-state index contributed by atoms with van der Waals surface area (Å²) in [6, 6.07) is 9.76. The zero-order valence-corrected chi connectivity index (χ0v) is 20.6. The third-order valence-corrected chi connectivity index (χ3v) is 6.39. The minimum Gasteiger partial charge on any atom is -0.357 e. The summed E-state index contributed by atoms with van der Waals surface area (Å²) >= 11 is 1.34. The van der Waals surface area contributed by atoms with Gasteiger partial charge in [-0.1, -0.05) is 24.8 Å². The summed E-state index contributed by atoms with van der Waals surface area (Å²) in [7, 11) is 1.83. The number of amides is 2. The van der Waals surface area contributed by atoms with E-state index in [0.717, 1.165) is 41.3 Å². The van der Waals surface area contributed by atoms with E-state index in [1.807, 2.05) is 43.6 Å². The van der Waals surface area contributed by atoms with Crippen LogP contribution in [0.5, 0.6) is 0 Å². The van der Waals surface area contributed by atoms with Gasteiger partial charge in [0.05, 0.1) is 17.8 Å². The Bertz CT molecular complexity index is 1300. The molecule has 35 heavy (non-hydrogen) atoms. The van der Waals surface area contributed by atoms with E-state index < -0.39 is 0 Å². The van der Waals surface area contributed by atoms with Gasteiger partial charge in [0, 0.05) is 49.7 Å². The molecule has 9 heteroatoms. The highest BCUT2D eigenvalue weighted by Crippen LogP contribution is 2.27.